The normalized spacial score (nSPS) is 13.4. The van der Waals surface area contributed by atoms with E-state index in [1.807, 2.05) is 45.6 Å². The molecule has 1 rings (SSSR count). The Balaban J connectivity index is 2.98. The molecule has 6 heteroatoms. The lowest BCUT2D eigenvalue weighted by Crippen LogP contribution is -2.39. The second-order valence-corrected chi connectivity index (χ2v) is 9.03. The molecule has 0 fully saturated rings. The molecule has 1 aromatic rings. The predicted octanol–water partition coefficient (Wildman–Crippen LogP) is 3.59. The zero-order chi connectivity index (χ0) is 18.5. The van der Waals surface area contributed by atoms with Gasteiger partial charge >= 0.3 is 10.1 Å². The van der Waals surface area contributed by atoms with Gasteiger partial charge in [0.2, 0.25) is 5.91 Å². The molecule has 0 aromatic heterocycles. The summed E-state index contributed by atoms with van der Waals surface area (Å²) in [5, 5.41) is 0. The van der Waals surface area contributed by atoms with Crippen LogP contribution in [-0.4, -0.2) is 31.5 Å². The number of hydrogen-bond donors (Lipinski definition) is 0. The summed E-state index contributed by atoms with van der Waals surface area (Å²) in [5.74, 6) is 0.369. The van der Waals surface area contributed by atoms with Crippen molar-refractivity contribution in [3.8, 4) is 5.75 Å². The molecule has 1 aromatic carbocycles. The van der Waals surface area contributed by atoms with Crippen molar-refractivity contribution < 1.29 is 17.4 Å². The van der Waals surface area contributed by atoms with Crippen molar-refractivity contribution in [1.29, 1.82) is 0 Å². The maximum absolute atomic E-state index is 12.7. The number of nitrogens with zero attached hydrogens (tertiary/aromatic N) is 1. The number of carbonyl (C=O) groups is 1. The van der Waals surface area contributed by atoms with Gasteiger partial charge in [0, 0.05) is 19.0 Å². The summed E-state index contributed by atoms with van der Waals surface area (Å²) < 4.78 is 27.5. The molecule has 0 unspecified atom stereocenters. The molecule has 0 radical (unpaired) electrons. The van der Waals surface area contributed by atoms with Gasteiger partial charge in [-0.15, -0.1) is 0 Å². The number of amides is 1. The summed E-state index contributed by atoms with van der Waals surface area (Å²) in [6.07, 6.45) is 2.34. The minimum absolute atomic E-state index is 0.0793. The SMILES string of the molecule is CC[C@@H](C)N(Cc1cccc(OS(C)(=O)=O)c1)C(=O)CC(C)(C)C. The molecule has 1 atom stereocenters. The first-order chi connectivity index (χ1) is 10.9. The summed E-state index contributed by atoms with van der Waals surface area (Å²) in [4.78, 5) is 14.5. The number of carbonyl (C=O) groups excluding carboxylic acids is 1. The van der Waals surface area contributed by atoms with Crippen molar-refractivity contribution >= 4 is 16.0 Å². The van der Waals surface area contributed by atoms with Crippen LogP contribution in [0.1, 0.15) is 53.0 Å². The highest BCUT2D eigenvalue weighted by atomic mass is 32.2. The molecule has 0 bridgehead atoms. The number of hydrogen-bond acceptors (Lipinski definition) is 4. The molecular formula is C18H29NO4S. The number of rotatable bonds is 7. The number of benzene rings is 1. The predicted molar refractivity (Wildman–Crippen MR) is 96.3 cm³/mol. The lowest BCUT2D eigenvalue weighted by molar-refractivity contribution is -0.135. The van der Waals surface area contributed by atoms with Gasteiger partial charge in [0.15, 0.2) is 0 Å². The van der Waals surface area contributed by atoms with Crippen LogP contribution in [0.3, 0.4) is 0 Å². The van der Waals surface area contributed by atoms with Gasteiger partial charge in [0.25, 0.3) is 0 Å². The molecule has 0 aliphatic rings. The lowest BCUT2D eigenvalue weighted by atomic mass is 9.91. The molecule has 0 saturated carbocycles. The third-order valence-electron chi connectivity index (χ3n) is 3.62. The van der Waals surface area contributed by atoms with Gasteiger partial charge in [0.1, 0.15) is 5.75 Å². The van der Waals surface area contributed by atoms with Gasteiger partial charge in [0.05, 0.1) is 6.26 Å². The van der Waals surface area contributed by atoms with Crippen LogP contribution in [-0.2, 0) is 21.5 Å². The van der Waals surface area contributed by atoms with Crippen LogP contribution in [0, 0.1) is 5.41 Å². The fraction of sp³-hybridized carbons (Fsp3) is 0.611. The maximum Gasteiger partial charge on any atom is 0.306 e. The molecule has 0 spiro atoms. The van der Waals surface area contributed by atoms with Gasteiger partial charge in [-0.25, -0.2) is 0 Å². The quantitative estimate of drug-likeness (QED) is 0.701. The molecule has 0 heterocycles. The highest BCUT2D eigenvalue weighted by Gasteiger charge is 2.24. The van der Waals surface area contributed by atoms with Gasteiger partial charge in [-0.3, -0.25) is 4.79 Å². The fourth-order valence-corrected chi connectivity index (χ4v) is 2.79. The first kappa shape index (κ1) is 20.5. The van der Waals surface area contributed by atoms with Crippen LogP contribution in [0.2, 0.25) is 0 Å². The van der Waals surface area contributed by atoms with Crippen LogP contribution in [0.15, 0.2) is 24.3 Å². The Hall–Kier alpha value is -1.56. The Morgan fingerprint density at radius 2 is 1.92 bits per heavy atom. The second-order valence-electron chi connectivity index (χ2n) is 7.45. The van der Waals surface area contributed by atoms with Crippen LogP contribution in [0.25, 0.3) is 0 Å². The molecule has 136 valence electrons. The van der Waals surface area contributed by atoms with Gasteiger partial charge < -0.3 is 9.08 Å². The zero-order valence-electron chi connectivity index (χ0n) is 15.5. The molecule has 0 saturated heterocycles. The van der Waals surface area contributed by atoms with E-state index < -0.39 is 10.1 Å². The van der Waals surface area contributed by atoms with Crippen molar-refractivity contribution in [2.24, 2.45) is 5.41 Å². The van der Waals surface area contributed by atoms with E-state index in [0.717, 1.165) is 18.2 Å². The summed E-state index contributed by atoms with van der Waals surface area (Å²) in [5.41, 5.74) is 0.767. The van der Waals surface area contributed by atoms with Crippen LogP contribution in [0.5, 0.6) is 5.75 Å². The monoisotopic (exact) mass is 355 g/mol. The highest BCUT2D eigenvalue weighted by Crippen LogP contribution is 2.23. The highest BCUT2D eigenvalue weighted by molar-refractivity contribution is 7.86. The van der Waals surface area contributed by atoms with Gasteiger partial charge in [-0.05, 0) is 36.5 Å². The summed E-state index contributed by atoms with van der Waals surface area (Å²) >= 11 is 0. The molecule has 5 nitrogen and oxygen atoms in total. The van der Waals surface area contributed by atoms with Crippen molar-refractivity contribution in [3.05, 3.63) is 29.8 Å². The average molecular weight is 356 g/mol. The standard InChI is InChI=1S/C18H29NO4S/c1-7-14(2)19(17(20)12-18(3,4)5)13-15-9-8-10-16(11-15)23-24(6,21)22/h8-11,14H,7,12-13H2,1-6H3/t14-/m1/s1. The van der Waals surface area contributed by atoms with E-state index in [0.29, 0.717) is 13.0 Å². The van der Waals surface area contributed by atoms with Crippen LogP contribution in [0.4, 0.5) is 0 Å². The maximum atomic E-state index is 12.7. The van der Waals surface area contributed by atoms with Crippen molar-refractivity contribution in [1.82, 2.24) is 4.90 Å². The summed E-state index contributed by atoms with van der Waals surface area (Å²) in [7, 11) is -3.56. The molecule has 0 N–H and O–H groups in total. The Morgan fingerprint density at radius 3 is 2.42 bits per heavy atom. The first-order valence-corrected chi connectivity index (χ1v) is 10.0. The molecule has 0 aliphatic heterocycles. The third kappa shape index (κ3) is 7.34. The van der Waals surface area contributed by atoms with E-state index in [9.17, 15) is 13.2 Å². The Morgan fingerprint density at radius 1 is 1.29 bits per heavy atom. The minimum Gasteiger partial charge on any atom is -0.383 e. The fourth-order valence-electron chi connectivity index (χ4n) is 2.33. The summed E-state index contributed by atoms with van der Waals surface area (Å²) in [6.45, 7) is 10.6. The van der Waals surface area contributed by atoms with E-state index in [1.54, 1.807) is 18.2 Å². The van der Waals surface area contributed by atoms with E-state index in [2.05, 4.69) is 0 Å². The largest absolute Gasteiger partial charge is 0.383 e. The Kier molecular flexibility index (Phi) is 6.84. The van der Waals surface area contributed by atoms with Crippen LogP contribution < -0.4 is 4.18 Å². The Bertz CT molecular complexity index is 662. The van der Waals surface area contributed by atoms with Crippen molar-refractivity contribution in [3.63, 3.8) is 0 Å². The van der Waals surface area contributed by atoms with E-state index in [1.165, 1.54) is 0 Å². The lowest BCUT2D eigenvalue weighted by Gasteiger charge is -2.31. The Labute approximate surface area is 146 Å². The second kappa shape index (κ2) is 8.01. The topological polar surface area (TPSA) is 63.7 Å². The summed E-state index contributed by atoms with van der Waals surface area (Å²) in [6, 6.07) is 6.98. The minimum atomic E-state index is -3.56. The molecule has 24 heavy (non-hydrogen) atoms. The molecular weight excluding hydrogens is 326 g/mol. The van der Waals surface area contributed by atoms with E-state index in [-0.39, 0.29) is 23.1 Å². The first-order valence-electron chi connectivity index (χ1n) is 8.19. The zero-order valence-corrected chi connectivity index (χ0v) is 16.3. The molecule has 1 amide bonds. The van der Waals surface area contributed by atoms with Crippen molar-refractivity contribution in [2.45, 2.75) is 60.0 Å². The smallest absolute Gasteiger partial charge is 0.306 e. The third-order valence-corrected chi connectivity index (χ3v) is 4.12. The average Bonchev–Trinajstić information content (AvgIpc) is 2.40. The molecule has 0 aliphatic carbocycles. The van der Waals surface area contributed by atoms with Crippen LogP contribution >= 0.6 is 0 Å². The van der Waals surface area contributed by atoms with E-state index in [4.69, 9.17) is 4.18 Å². The van der Waals surface area contributed by atoms with Crippen molar-refractivity contribution in [2.75, 3.05) is 6.26 Å². The van der Waals surface area contributed by atoms with Gasteiger partial charge in [-0.1, -0.05) is 39.8 Å². The van der Waals surface area contributed by atoms with Gasteiger partial charge in [-0.2, -0.15) is 8.42 Å². The van der Waals surface area contributed by atoms with E-state index >= 15 is 0 Å².